The number of allylic oxidation sites excluding steroid dienone is 1. The van der Waals surface area contributed by atoms with E-state index in [0.29, 0.717) is 11.1 Å². The number of rotatable bonds is 2. The number of Topliss-reactive ketones (excluding diaryl/α,β-unsaturated/α-hetero) is 2. The van der Waals surface area contributed by atoms with E-state index in [1.165, 1.54) is 29.0 Å². The van der Waals surface area contributed by atoms with Crippen LogP contribution in [0.25, 0.3) is 22.1 Å². The monoisotopic (exact) mass is 363 g/mol. The van der Waals surface area contributed by atoms with Gasteiger partial charge in [-0.1, -0.05) is 0 Å². The van der Waals surface area contributed by atoms with Crippen molar-refractivity contribution in [3.8, 4) is 5.00 Å². The molecule has 0 saturated carbocycles. The van der Waals surface area contributed by atoms with Gasteiger partial charge in [0.05, 0.1) is 5.57 Å². The maximum Gasteiger partial charge on any atom is 0.198 e. The Morgan fingerprint density at radius 1 is 1.04 bits per heavy atom. The molecule has 0 amide bonds. The molecule has 0 aliphatic heterocycles. The van der Waals surface area contributed by atoms with Crippen LogP contribution in [0.2, 0.25) is 0 Å². The summed E-state index contributed by atoms with van der Waals surface area (Å²) in [5, 5.41) is 5.40. The molecule has 4 aromatic rings. The summed E-state index contributed by atoms with van der Waals surface area (Å²) < 4.78 is 1.97. The lowest BCUT2D eigenvalue weighted by Gasteiger charge is -1.99. The average Bonchev–Trinajstić information content (AvgIpc) is 3.38. The zero-order valence-corrected chi connectivity index (χ0v) is 14.3. The highest BCUT2D eigenvalue weighted by molar-refractivity contribution is 7.15. The summed E-state index contributed by atoms with van der Waals surface area (Å²) in [6, 6.07) is 5.82. The normalized spacial score (nSPS) is 13.7. The first-order valence-electron chi connectivity index (χ1n) is 7.47. The minimum atomic E-state index is -0.185. The van der Waals surface area contributed by atoms with Crippen LogP contribution in [0.15, 0.2) is 53.3 Å². The Morgan fingerprint density at radius 3 is 2.64 bits per heavy atom. The molecular weight excluding hydrogens is 354 g/mol. The van der Waals surface area contributed by atoms with Crippen molar-refractivity contribution in [1.82, 2.24) is 14.5 Å². The minimum absolute atomic E-state index is 0.185. The first-order valence-corrected chi connectivity index (χ1v) is 9.23. The van der Waals surface area contributed by atoms with Crippen molar-refractivity contribution in [2.45, 2.75) is 0 Å². The predicted octanol–water partition coefficient (Wildman–Crippen LogP) is 4.01. The van der Waals surface area contributed by atoms with Gasteiger partial charge in [0.2, 0.25) is 0 Å². The Kier molecular flexibility index (Phi) is 3.06. The van der Waals surface area contributed by atoms with Gasteiger partial charge in [0.1, 0.15) is 17.0 Å². The van der Waals surface area contributed by atoms with Gasteiger partial charge in [0.15, 0.2) is 11.6 Å². The molecule has 7 heteroatoms. The number of carbonyl (C=O) groups is 2. The molecule has 0 aromatic carbocycles. The first-order chi connectivity index (χ1) is 12.2. The highest BCUT2D eigenvalue weighted by Gasteiger charge is 2.33. The van der Waals surface area contributed by atoms with Crippen LogP contribution in [0.1, 0.15) is 25.6 Å². The quantitative estimate of drug-likeness (QED) is 0.399. The van der Waals surface area contributed by atoms with Crippen molar-refractivity contribution in [2.75, 3.05) is 0 Å². The zero-order chi connectivity index (χ0) is 17.0. The number of hydrogen-bond acceptors (Lipinski definition) is 6. The fourth-order valence-electron chi connectivity index (χ4n) is 2.92. The predicted molar refractivity (Wildman–Crippen MR) is 97.7 cm³/mol. The van der Waals surface area contributed by atoms with Gasteiger partial charge in [-0.25, -0.2) is 9.97 Å². The van der Waals surface area contributed by atoms with Crippen LogP contribution in [0.5, 0.6) is 0 Å². The van der Waals surface area contributed by atoms with Gasteiger partial charge in [-0.2, -0.15) is 11.3 Å². The summed E-state index contributed by atoms with van der Waals surface area (Å²) in [6.45, 7) is 0. The van der Waals surface area contributed by atoms with Gasteiger partial charge < -0.3 is 0 Å². The molecule has 0 unspecified atom stereocenters. The molecular formula is C18H9N3O2S2. The fourth-order valence-corrected chi connectivity index (χ4v) is 4.67. The Balaban J connectivity index is 1.55. The molecule has 0 spiro atoms. The van der Waals surface area contributed by atoms with Gasteiger partial charge >= 0.3 is 0 Å². The fraction of sp³-hybridized carbons (Fsp3) is 0. The maximum atomic E-state index is 12.4. The second-order valence-electron chi connectivity index (χ2n) is 5.58. The lowest BCUT2D eigenvalue weighted by atomic mass is 10.1. The number of carbonyl (C=O) groups excluding carboxylic acids is 2. The summed E-state index contributed by atoms with van der Waals surface area (Å²) in [5.41, 5.74) is 2.11. The second kappa shape index (κ2) is 5.30. The molecule has 4 aromatic heterocycles. The van der Waals surface area contributed by atoms with E-state index >= 15 is 0 Å². The molecule has 1 aliphatic rings. The molecule has 5 rings (SSSR count). The van der Waals surface area contributed by atoms with E-state index < -0.39 is 0 Å². The van der Waals surface area contributed by atoms with Crippen molar-refractivity contribution in [1.29, 1.82) is 0 Å². The van der Waals surface area contributed by atoms with Gasteiger partial charge in [-0.3, -0.25) is 14.2 Å². The van der Waals surface area contributed by atoms with E-state index in [0.717, 1.165) is 20.9 Å². The number of nitrogens with zero attached hydrogens (tertiary/aromatic N) is 3. The molecule has 0 fully saturated rings. The van der Waals surface area contributed by atoms with Crippen molar-refractivity contribution < 1.29 is 9.59 Å². The lowest BCUT2D eigenvalue weighted by Crippen LogP contribution is -2.00. The molecule has 0 atom stereocenters. The van der Waals surface area contributed by atoms with Crippen LogP contribution >= 0.6 is 22.7 Å². The van der Waals surface area contributed by atoms with Crippen LogP contribution in [0, 0.1) is 0 Å². The first kappa shape index (κ1) is 14.4. The van der Waals surface area contributed by atoms with Crippen LogP contribution < -0.4 is 0 Å². The average molecular weight is 363 g/mol. The summed E-state index contributed by atoms with van der Waals surface area (Å²) in [4.78, 5) is 34.0. The number of hydrogen-bond donors (Lipinski definition) is 0. The van der Waals surface area contributed by atoms with Gasteiger partial charge in [0.25, 0.3) is 0 Å². The van der Waals surface area contributed by atoms with E-state index in [2.05, 4.69) is 9.97 Å². The van der Waals surface area contributed by atoms with Crippen LogP contribution in [-0.2, 0) is 0 Å². The number of ketones is 2. The molecule has 25 heavy (non-hydrogen) atoms. The van der Waals surface area contributed by atoms with Crippen LogP contribution in [0.4, 0.5) is 0 Å². The Morgan fingerprint density at radius 2 is 1.84 bits per heavy atom. The molecule has 5 nitrogen and oxygen atoms in total. The van der Waals surface area contributed by atoms with Gasteiger partial charge in [-0.15, -0.1) is 11.3 Å². The highest BCUT2D eigenvalue weighted by Crippen LogP contribution is 2.32. The lowest BCUT2D eigenvalue weighted by molar-refractivity contribution is 0.0990. The summed E-state index contributed by atoms with van der Waals surface area (Å²) >= 11 is 2.88. The molecule has 1 aliphatic carbocycles. The van der Waals surface area contributed by atoms with Crippen molar-refractivity contribution >= 4 is 51.3 Å². The maximum absolute atomic E-state index is 12.4. The summed E-state index contributed by atoms with van der Waals surface area (Å²) in [7, 11) is 0. The van der Waals surface area contributed by atoms with Gasteiger partial charge in [-0.05, 0) is 24.3 Å². The van der Waals surface area contributed by atoms with E-state index in [-0.39, 0.29) is 17.1 Å². The molecule has 120 valence electrons. The SMILES string of the molecule is O=C1C(=Cc2ccc(-n3ccc4cncnc43)s2)C(=O)c2cscc21. The third kappa shape index (κ3) is 2.13. The summed E-state index contributed by atoms with van der Waals surface area (Å²) in [6.07, 6.45) is 6.90. The van der Waals surface area contributed by atoms with Crippen molar-refractivity contribution in [3.05, 3.63) is 69.3 Å². The van der Waals surface area contributed by atoms with E-state index in [4.69, 9.17) is 0 Å². The van der Waals surface area contributed by atoms with E-state index in [1.54, 1.807) is 23.0 Å². The third-order valence-electron chi connectivity index (χ3n) is 4.13. The number of thiophene rings is 2. The second-order valence-corrected chi connectivity index (χ2v) is 7.42. The third-order valence-corrected chi connectivity index (χ3v) is 5.90. The van der Waals surface area contributed by atoms with Crippen LogP contribution in [0.3, 0.4) is 0 Å². The Bertz CT molecular complexity index is 1160. The molecule has 0 saturated heterocycles. The Hall–Kier alpha value is -2.90. The highest BCUT2D eigenvalue weighted by atomic mass is 32.1. The van der Waals surface area contributed by atoms with Crippen molar-refractivity contribution in [2.24, 2.45) is 0 Å². The minimum Gasteiger partial charge on any atom is -0.292 e. The molecule has 0 radical (unpaired) electrons. The largest absolute Gasteiger partial charge is 0.292 e. The Labute approximate surface area is 149 Å². The number of aromatic nitrogens is 3. The van der Waals surface area contributed by atoms with E-state index in [9.17, 15) is 9.59 Å². The van der Waals surface area contributed by atoms with Crippen LogP contribution in [-0.4, -0.2) is 26.1 Å². The van der Waals surface area contributed by atoms with Gasteiger partial charge in [0, 0.05) is 44.5 Å². The molecule has 0 N–H and O–H groups in total. The number of fused-ring (bicyclic) bond motifs is 2. The smallest absolute Gasteiger partial charge is 0.198 e. The van der Waals surface area contributed by atoms with E-state index in [1.807, 2.05) is 29.0 Å². The van der Waals surface area contributed by atoms with Crippen molar-refractivity contribution in [3.63, 3.8) is 0 Å². The zero-order valence-electron chi connectivity index (χ0n) is 12.7. The molecule has 4 heterocycles. The standard InChI is InChI=1S/C18H9N3O2S2/c22-16-12(17(23)14-8-24-7-13(14)16)5-11-1-2-15(25-11)21-4-3-10-6-19-9-20-18(10)21/h1-9H. The topological polar surface area (TPSA) is 64.8 Å². The molecule has 0 bridgehead atoms. The summed E-state index contributed by atoms with van der Waals surface area (Å²) in [5.74, 6) is -0.370.